The second-order valence-corrected chi connectivity index (χ2v) is 5.80. The van der Waals surface area contributed by atoms with Crippen molar-refractivity contribution in [1.82, 2.24) is 5.32 Å². The summed E-state index contributed by atoms with van der Waals surface area (Å²) in [5.41, 5.74) is 1.49. The first-order valence-corrected chi connectivity index (χ1v) is 7.40. The van der Waals surface area contributed by atoms with Crippen LogP contribution < -0.4 is 5.32 Å². The first kappa shape index (κ1) is 14.2. The van der Waals surface area contributed by atoms with Gasteiger partial charge in [-0.1, -0.05) is 36.4 Å². The topological polar surface area (TPSA) is 12.0 Å². The fourth-order valence-corrected chi connectivity index (χ4v) is 3.08. The summed E-state index contributed by atoms with van der Waals surface area (Å²) in [6, 6.07) is 14.1. The third-order valence-corrected chi connectivity index (χ3v) is 4.34. The van der Waals surface area contributed by atoms with Crippen molar-refractivity contribution in [3.8, 4) is 0 Å². The van der Waals surface area contributed by atoms with Crippen LogP contribution in [0.15, 0.2) is 48.5 Å². The Morgan fingerprint density at radius 3 is 2.24 bits per heavy atom. The van der Waals surface area contributed by atoms with E-state index in [-0.39, 0.29) is 23.6 Å². The molecule has 0 radical (unpaired) electrons. The van der Waals surface area contributed by atoms with Gasteiger partial charge in [0, 0.05) is 17.6 Å². The van der Waals surface area contributed by atoms with Crippen LogP contribution in [-0.2, 0) is 0 Å². The number of halogens is 2. The molecule has 2 aromatic carbocycles. The van der Waals surface area contributed by atoms with E-state index < -0.39 is 0 Å². The maximum absolute atomic E-state index is 13.7. The van der Waals surface area contributed by atoms with Gasteiger partial charge in [0.15, 0.2) is 0 Å². The van der Waals surface area contributed by atoms with Gasteiger partial charge >= 0.3 is 0 Å². The van der Waals surface area contributed by atoms with Crippen LogP contribution in [0.2, 0.25) is 0 Å². The molecule has 110 valence electrons. The second kappa shape index (κ2) is 5.94. The second-order valence-electron chi connectivity index (χ2n) is 5.80. The molecule has 0 spiro atoms. The molecule has 0 aliphatic heterocycles. The van der Waals surface area contributed by atoms with Crippen LogP contribution in [0.3, 0.4) is 0 Å². The Hall–Kier alpha value is -1.74. The van der Waals surface area contributed by atoms with Crippen LogP contribution in [-0.4, -0.2) is 6.04 Å². The maximum atomic E-state index is 13.7. The monoisotopic (exact) mass is 287 g/mol. The average Bonchev–Trinajstić information content (AvgIpc) is 2.44. The zero-order valence-corrected chi connectivity index (χ0v) is 12.0. The molecule has 2 aromatic rings. The molecule has 21 heavy (non-hydrogen) atoms. The van der Waals surface area contributed by atoms with E-state index in [2.05, 4.69) is 5.32 Å². The Balaban J connectivity index is 1.58. The molecule has 3 heteroatoms. The molecule has 1 fully saturated rings. The molecule has 0 saturated heterocycles. The minimum Gasteiger partial charge on any atom is -0.307 e. The van der Waals surface area contributed by atoms with Crippen LogP contribution in [0.5, 0.6) is 0 Å². The summed E-state index contributed by atoms with van der Waals surface area (Å²) in [5, 5.41) is 3.43. The van der Waals surface area contributed by atoms with E-state index in [0.717, 1.165) is 18.4 Å². The van der Waals surface area contributed by atoms with E-state index in [4.69, 9.17) is 0 Å². The lowest BCUT2D eigenvalue weighted by Gasteiger charge is -2.38. The van der Waals surface area contributed by atoms with Crippen LogP contribution in [0, 0.1) is 11.6 Å². The highest BCUT2D eigenvalue weighted by molar-refractivity contribution is 5.25. The van der Waals surface area contributed by atoms with Gasteiger partial charge in [0.25, 0.3) is 0 Å². The van der Waals surface area contributed by atoms with Crippen LogP contribution in [0.25, 0.3) is 0 Å². The SMILES string of the molecule is C[C@@H](NC1CC(c2ccccc2F)C1)c1ccccc1F. The van der Waals surface area contributed by atoms with Crippen LogP contribution in [0.1, 0.15) is 42.9 Å². The van der Waals surface area contributed by atoms with Gasteiger partial charge in [-0.2, -0.15) is 0 Å². The Morgan fingerprint density at radius 2 is 1.57 bits per heavy atom. The van der Waals surface area contributed by atoms with Crippen molar-refractivity contribution in [3.63, 3.8) is 0 Å². The Bertz CT molecular complexity index is 620. The van der Waals surface area contributed by atoms with E-state index in [1.54, 1.807) is 18.2 Å². The van der Waals surface area contributed by atoms with Crippen molar-refractivity contribution in [2.45, 2.75) is 37.8 Å². The number of hydrogen-bond acceptors (Lipinski definition) is 1. The molecule has 0 heterocycles. The fraction of sp³-hybridized carbons (Fsp3) is 0.333. The van der Waals surface area contributed by atoms with Crippen molar-refractivity contribution in [2.75, 3.05) is 0 Å². The molecule has 1 atom stereocenters. The van der Waals surface area contributed by atoms with E-state index in [9.17, 15) is 8.78 Å². The zero-order chi connectivity index (χ0) is 14.8. The maximum Gasteiger partial charge on any atom is 0.127 e. The molecular formula is C18H19F2N. The molecular weight excluding hydrogens is 268 g/mol. The molecule has 1 nitrogen and oxygen atoms in total. The predicted molar refractivity (Wildman–Crippen MR) is 80.1 cm³/mol. The predicted octanol–water partition coefficient (Wildman–Crippen LogP) is 4.56. The molecule has 0 bridgehead atoms. The molecule has 1 aliphatic carbocycles. The van der Waals surface area contributed by atoms with Gasteiger partial charge in [0.1, 0.15) is 11.6 Å². The zero-order valence-electron chi connectivity index (χ0n) is 12.0. The van der Waals surface area contributed by atoms with Gasteiger partial charge in [-0.3, -0.25) is 0 Å². The third-order valence-electron chi connectivity index (χ3n) is 4.34. The summed E-state index contributed by atoms with van der Waals surface area (Å²) >= 11 is 0. The lowest BCUT2D eigenvalue weighted by atomic mass is 9.75. The molecule has 0 unspecified atom stereocenters. The lowest BCUT2D eigenvalue weighted by Crippen LogP contribution is -2.41. The minimum absolute atomic E-state index is 0.0298. The Kier molecular flexibility index (Phi) is 4.02. The van der Waals surface area contributed by atoms with Crippen molar-refractivity contribution in [2.24, 2.45) is 0 Å². The van der Waals surface area contributed by atoms with Gasteiger partial charge in [-0.05, 0) is 43.4 Å². The lowest BCUT2D eigenvalue weighted by molar-refractivity contribution is 0.264. The average molecular weight is 287 g/mol. The summed E-state index contributed by atoms with van der Waals surface area (Å²) in [7, 11) is 0. The highest BCUT2D eigenvalue weighted by Crippen LogP contribution is 2.39. The number of nitrogens with one attached hydrogen (secondary N) is 1. The molecule has 1 saturated carbocycles. The van der Waals surface area contributed by atoms with E-state index >= 15 is 0 Å². The Labute approximate surface area is 124 Å². The fourth-order valence-electron chi connectivity index (χ4n) is 3.08. The van der Waals surface area contributed by atoms with Gasteiger partial charge in [-0.25, -0.2) is 8.78 Å². The summed E-state index contributed by atoms with van der Waals surface area (Å²) in [6.07, 6.45) is 1.81. The first-order chi connectivity index (χ1) is 10.1. The van der Waals surface area contributed by atoms with E-state index in [1.165, 1.54) is 12.1 Å². The number of hydrogen-bond donors (Lipinski definition) is 1. The highest BCUT2D eigenvalue weighted by atomic mass is 19.1. The van der Waals surface area contributed by atoms with Crippen molar-refractivity contribution >= 4 is 0 Å². The van der Waals surface area contributed by atoms with Gasteiger partial charge in [0.05, 0.1) is 0 Å². The van der Waals surface area contributed by atoms with Gasteiger partial charge < -0.3 is 5.32 Å². The molecule has 0 aromatic heterocycles. The van der Waals surface area contributed by atoms with E-state index in [0.29, 0.717) is 11.6 Å². The standard InChI is InChI=1S/C18H19F2N/c1-12(15-6-2-4-8-17(15)19)21-14-10-13(11-14)16-7-3-5-9-18(16)20/h2-9,12-14,21H,10-11H2,1H3/t12-,13?,14?/m1/s1. The van der Waals surface area contributed by atoms with Crippen molar-refractivity contribution in [1.29, 1.82) is 0 Å². The molecule has 1 aliphatic rings. The quantitative estimate of drug-likeness (QED) is 0.869. The van der Waals surface area contributed by atoms with Gasteiger partial charge in [0.2, 0.25) is 0 Å². The largest absolute Gasteiger partial charge is 0.307 e. The molecule has 3 rings (SSSR count). The Morgan fingerprint density at radius 1 is 0.952 bits per heavy atom. The smallest absolute Gasteiger partial charge is 0.127 e. The molecule has 0 amide bonds. The van der Waals surface area contributed by atoms with E-state index in [1.807, 2.05) is 25.1 Å². The first-order valence-electron chi connectivity index (χ1n) is 7.40. The van der Waals surface area contributed by atoms with Crippen LogP contribution in [0.4, 0.5) is 8.78 Å². The minimum atomic E-state index is -0.178. The van der Waals surface area contributed by atoms with Gasteiger partial charge in [-0.15, -0.1) is 0 Å². The summed E-state index contributed by atoms with van der Waals surface area (Å²) < 4.78 is 27.4. The van der Waals surface area contributed by atoms with Crippen LogP contribution >= 0.6 is 0 Å². The summed E-state index contributed by atoms with van der Waals surface area (Å²) in [4.78, 5) is 0. The highest BCUT2D eigenvalue weighted by Gasteiger charge is 2.32. The third kappa shape index (κ3) is 2.98. The number of rotatable bonds is 4. The normalized spacial score (nSPS) is 22.6. The van der Waals surface area contributed by atoms with Crippen molar-refractivity contribution < 1.29 is 8.78 Å². The number of benzene rings is 2. The summed E-state index contributed by atoms with van der Waals surface area (Å²) in [5.74, 6) is -0.0258. The summed E-state index contributed by atoms with van der Waals surface area (Å²) in [6.45, 7) is 1.97. The molecule has 1 N–H and O–H groups in total. The van der Waals surface area contributed by atoms with Crippen molar-refractivity contribution in [3.05, 3.63) is 71.3 Å².